The van der Waals surface area contributed by atoms with E-state index in [-0.39, 0.29) is 5.91 Å². The van der Waals surface area contributed by atoms with Gasteiger partial charge in [-0.15, -0.1) is 0 Å². The summed E-state index contributed by atoms with van der Waals surface area (Å²) in [5, 5.41) is 3.08. The molecule has 1 fully saturated rings. The van der Waals surface area contributed by atoms with Crippen LogP contribution in [0.15, 0.2) is 27.1 Å². The highest BCUT2D eigenvalue weighted by molar-refractivity contribution is 9.11. The summed E-state index contributed by atoms with van der Waals surface area (Å²) in [6.45, 7) is 3.08. The van der Waals surface area contributed by atoms with Crippen molar-refractivity contribution in [2.24, 2.45) is 11.8 Å². The largest absolute Gasteiger partial charge is 0.352 e. The van der Waals surface area contributed by atoms with Crippen LogP contribution >= 0.6 is 31.9 Å². The number of nitrogens with one attached hydrogen (secondary N) is 1. The molecule has 20 heavy (non-hydrogen) atoms. The molecule has 1 aromatic rings. The molecule has 0 aliphatic heterocycles. The Morgan fingerprint density at radius 3 is 2.20 bits per heavy atom. The van der Waals surface area contributed by atoms with E-state index in [4.69, 9.17) is 0 Å². The Morgan fingerprint density at radius 2 is 1.65 bits per heavy atom. The van der Waals surface area contributed by atoms with Crippen molar-refractivity contribution in [3.05, 3.63) is 32.7 Å². The molecule has 0 heterocycles. The van der Waals surface area contributed by atoms with Gasteiger partial charge in [0.1, 0.15) is 0 Å². The molecule has 0 atom stereocenters. The van der Waals surface area contributed by atoms with Crippen LogP contribution in [0.4, 0.5) is 0 Å². The molecule has 1 N–H and O–H groups in total. The van der Waals surface area contributed by atoms with Crippen LogP contribution in [0.25, 0.3) is 0 Å². The quantitative estimate of drug-likeness (QED) is 0.740. The first-order chi connectivity index (χ1) is 9.58. The number of halogens is 2. The van der Waals surface area contributed by atoms with Crippen LogP contribution in [0.1, 0.15) is 49.4 Å². The topological polar surface area (TPSA) is 29.1 Å². The molecule has 0 bridgehead atoms. The molecule has 1 aliphatic rings. The van der Waals surface area contributed by atoms with Gasteiger partial charge < -0.3 is 5.32 Å². The van der Waals surface area contributed by atoms with E-state index in [2.05, 4.69) is 44.1 Å². The van der Waals surface area contributed by atoms with Crippen molar-refractivity contribution >= 4 is 37.8 Å². The van der Waals surface area contributed by atoms with E-state index >= 15 is 0 Å². The fourth-order valence-electron chi connectivity index (χ4n) is 2.87. The molecule has 0 radical (unpaired) electrons. The highest BCUT2D eigenvalue weighted by Gasteiger charge is 2.20. The average molecular weight is 403 g/mol. The van der Waals surface area contributed by atoms with Crippen molar-refractivity contribution in [1.82, 2.24) is 5.32 Å². The molecular weight excluding hydrogens is 382 g/mol. The number of amides is 1. The molecular formula is C16H21Br2NO. The predicted octanol–water partition coefficient (Wildman–Crippen LogP) is 5.16. The van der Waals surface area contributed by atoms with Gasteiger partial charge in [-0.3, -0.25) is 4.79 Å². The molecule has 2 rings (SSSR count). The van der Waals surface area contributed by atoms with Crippen molar-refractivity contribution in [3.8, 4) is 0 Å². The lowest BCUT2D eigenvalue weighted by molar-refractivity contribution is 0.0941. The smallest absolute Gasteiger partial charge is 0.251 e. The SMILES string of the molecule is CCC1CCC(CNC(=O)c2cc(Br)cc(Br)c2)CC1. The van der Waals surface area contributed by atoms with Crippen molar-refractivity contribution < 1.29 is 4.79 Å². The maximum atomic E-state index is 12.2. The minimum Gasteiger partial charge on any atom is -0.352 e. The van der Waals surface area contributed by atoms with Gasteiger partial charge in [0.05, 0.1) is 0 Å². The standard InChI is InChI=1S/C16H21Br2NO/c1-2-11-3-5-12(6-4-11)10-19-16(20)13-7-14(17)9-15(18)8-13/h7-9,11-12H,2-6,10H2,1H3,(H,19,20). The third kappa shape index (κ3) is 4.59. The number of hydrogen-bond acceptors (Lipinski definition) is 1. The Balaban J connectivity index is 1.83. The normalized spacial score (nSPS) is 22.6. The van der Waals surface area contributed by atoms with Gasteiger partial charge >= 0.3 is 0 Å². The lowest BCUT2D eigenvalue weighted by atomic mass is 9.81. The second-order valence-electron chi connectivity index (χ2n) is 5.66. The van der Waals surface area contributed by atoms with Gasteiger partial charge in [-0.25, -0.2) is 0 Å². The minimum atomic E-state index is 0.0182. The minimum absolute atomic E-state index is 0.0182. The number of carbonyl (C=O) groups excluding carboxylic acids is 1. The summed E-state index contributed by atoms with van der Waals surface area (Å²) < 4.78 is 1.83. The second kappa shape index (κ2) is 7.60. The van der Waals surface area contributed by atoms with Crippen LogP contribution in [-0.2, 0) is 0 Å². The maximum absolute atomic E-state index is 12.2. The molecule has 110 valence electrons. The van der Waals surface area contributed by atoms with Crippen LogP contribution in [0.5, 0.6) is 0 Å². The molecule has 0 saturated heterocycles. The van der Waals surface area contributed by atoms with Crippen molar-refractivity contribution in [1.29, 1.82) is 0 Å². The third-order valence-corrected chi connectivity index (χ3v) is 5.14. The number of benzene rings is 1. The zero-order valence-corrected chi connectivity index (χ0v) is 15.0. The Bertz CT molecular complexity index is 447. The fourth-order valence-corrected chi connectivity index (χ4v) is 4.16. The van der Waals surface area contributed by atoms with E-state index in [9.17, 15) is 4.79 Å². The van der Waals surface area contributed by atoms with E-state index < -0.39 is 0 Å². The van der Waals surface area contributed by atoms with Gasteiger partial charge in [-0.05, 0) is 42.9 Å². The summed E-state index contributed by atoms with van der Waals surface area (Å²) in [5.41, 5.74) is 0.702. The van der Waals surface area contributed by atoms with E-state index in [1.165, 1.54) is 32.1 Å². The summed E-state index contributed by atoms with van der Waals surface area (Å²) in [6.07, 6.45) is 6.44. The lowest BCUT2D eigenvalue weighted by Crippen LogP contribution is -2.31. The molecule has 2 nitrogen and oxygen atoms in total. The number of hydrogen-bond donors (Lipinski definition) is 1. The zero-order valence-electron chi connectivity index (χ0n) is 11.8. The van der Waals surface area contributed by atoms with Crippen LogP contribution in [-0.4, -0.2) is 12.5 Å². The average Bonchev–Trinajstić information content (AvgIpc) is 2.44. The molecule has 1 aromatic carbocycles. The lowest BCUT2D eigenvalue weighted by Gasteiger charge is -2.27. The summed E-state index contributed by atoms with van der Waals surface area (Å²) in [6, 6.07) is 5.64. The highest BCUT2D eigenvalue weighted by atomic mass is 79.9. The number of rotatable bonds is 4. The fraction of sp³-hybridized carbons (Fsp3) is 0.562. The highest BCUT2D eigenvalue weighted by Crippen LogP contribution is 2.30. The monoisotopic (exact) mass is 401 g/mol. The summed E-state index contributed by atoms with van der Waals surface area (Å²) in [7, 11) is 0. The third-order valence-electron chi connectivity index (χ3n) is 4.22. The van der Waals surface area contributed by atoms with Crippen LogP contribution in [0.2, 0.25) is 0 Å². The number of carbonyl (C=O) groups is 1. The Kier molecular flexibility index (Phi) is 6.09. The first kappa shape index (κ1) is 16.0. The van der Waals surface area contributed by atoms with Gasteiger partial charge in [0.15, 0.2) is 0 Å². The molecule has 1 amide bonds. The first-order valence-corrected chi connectivity index (χ1v) is 8.91. The zero-order chi connectivity index (χ0) is 14.5. The Labute approximate surface area is 138 Å². The predicted molar refractivity (Wildman–Crippen MR) is 89.9 cm³/mol. The Hall–Kier alpha value is -0.350. The van der Waals surface area contributed by atoms with Gasteiger partial charge in [-0.2, -0.15) is 0 Å². The van der Waals surface area contributed by atoms with Crippen LogP contribution in [0, 0.1) is 11.8 Å². The molecule has 0 spiro atoms. The van der Waals surface area contributed by atoms with E-state index in [0.29, 0.717) is 11.5 Å². The molecule has 4 heteroatoms. The van der Waals surface area contributed by atoms with Gasteiger partial charge in [0, 0.05) is 21.1 Å². The summed E-state index contributed by atoms with van der Waals surface area (Å²) in [4.78, 5) is 12.2. The summed E-state index contributed by atoms with van der Waals surface area (Å²) >= 11 is 6.83. The van der Waals surface area contributed by atoms with Gasteiger partial charge in [-0.1, -0.05) is 58.0 Å². The van der Waals surface area contributed by atoms with Gasteiger partial charge in [0.2, 0.25) is 0 Å². The molecule has 1 aliphatic carbocycles. The maximum Gasteiger partial charge on any atom is 0.251 e. The van der Waals surface area contributed by atoms with Crippen molar-refractivity contribution in [2.45, 2.75) is 39.0 Å². The molecule has 1 saturated carbocycles. The van der Waals surface area contributed by atoms with Crippen molar-refractivity contribution in [3.63, 3.8) is 0 Å². The first-order valence-electron chi connectivity index (χ1n) is 7.32. The van der Waals surface area contributed by atoms with E-state index in [1.54, 1.807) is 0 Å². The van der Waals surface area contributed by atoms with Gasteiger partial charge in [0.25, 0.3) is 5.91 Å². The molecule has 0 aromatic heterocycles. The Morgan fingerprint density at radius 1 is 1.10 bits per heavy atom. The van der Waals surface area contributed by atoms with Crippen LogP contribution in [0.3, 0.4) is 0 Å². The van der Waals surface area contributed by atoms with Crippen LogP contribution < -0.4 is 5.32 Å². The molecule has 0 unspecified atom stereocenters. The van der Waals surface area contributed by atoms with E-state index in [1.807, 2.05) is 18.2 Å². The van der Waals surface area contributed by atoms with E-state index in [0.717, 1.165) is 21.4 Å². The second-order valence-corrected chi connectivity index (χ2v) is 7.49. The van der Waals surface area contributed by atoms with Crippen molar-refractivity contribution in [2.75, 3.05) is 6.54 Å². The summed E-state index contributed by atoms with van der Waals surface area (Å²) in [5.74, 6) is 1.57.